The van der Waals surface area contributed by atoms with E-state index in [1.165, 1.54) is 22.1 Å². The summed E-state index contributed by atoms with van der Waals surface area (Å²) >= 11 is 7.78. The number of nitrogens with zero attached hydrogens (tertiary/aromatic N) is 5. The van der Waals surface area contributed by atoms with Gasteiger partial charge in [0.2, 0.25) is 15.9 Å². The first kappa shape index (κ1) is 32.0. The highest BCUT2D eigenvalue weighted by Crippen LogP contribution is 2.46. The summed E-state index contributed by atoms with van der Waals surface area (Å²) in [5.74, 6) is -0.151. The third-order valence-corrected chi connectivity index (χ3v) is 12.2. The number of sulfonamides is 1. The maximum Gasteiger partial charge on any atom is 0.306 e. The minimum absolute atomic E-state index is 0.0415. The molecule has 1 fully saturated rings. The summed E-state index contributed by atoms with van der Waals surface area (Å²) in [4.78, 5) is 17.4. The van der Waals surface area contributed by atoms with E-state index in [1.54, 1.807) is 18.3 Å². The molecule has 2 atom stereocenters. The van der Waals surface area contributed by atoms with Crippen molar-refractivity contribution >= 4 is 60.0 Å². The van der Waals surface area contributed by atoms with Gasteiger partial charge in [0, 0.05) is 30.4 Å². The normalized spacial score (nSPS) is 18.5. The Bertz CT molecular complexity index is 2120. The first-order chi connectivity index (χ1) is 22.6. The summed E-state index contributed by atoms with van der Waals surface area (Å²) in [6.07, 6.45) is 3.94. The molecule has 13 heteroatoms. The number of hydrogen-bond donors (Lipinski definition) is 0. The van der Waals surface area contributed by atoms with E-state index >= 15 is 0 Å². The maximum absolute atomic E-state index is 14.1. The molecule has 1 saturated carbocycles. The maximum atomic E-state index is 14.1. The molecule has 246 valence electrons. The Balaban J connectivity index is 1.37. The SMILES string of the molecule is CCOC(=O)C[C@@H](c1cc(CN2C[C@@H](CC)Oc3ncc(Cl)cc3S2(=O)=O)c2sccc2c1)c1cc(C2CC2)c2c(nnn2C)c1C. The van der Waals surface area contributed by atoms with Gasteiger partial charge < -0.3 is 9.47 Å². The van der Waals surface area contributed by atoms with Crippen molar-refractivity contribution in [3.8, 4) is 5.88 Å². The molecular weight excluding hydrogens is 658 g/mol. The van der Waals surface area contributed by atoms with Crippen molar-refractivity contribution in [1.82, 2.24) is 24.3 Å². The molecule has 0 amide bonds. The number of thiophene rings is 1. The van der Waals surface area contributed by atoms with Crippen LogP contribution in [0.5, 0.6) is 5.88 Å². The number of pyridine rings is 1. The van der Waals surface area contributed by atoms with Gasteiger partial charge in [0.25, 0.3) is 0 Å². The summed E-state index contributed by atoms with van der Waals surface area (Å²) in [5, 5.41) is 12.1. The number of halogens is 1. The van der Waals surface area contributed by atoms with Crippen molar-refractivity contribution in [2.75, 3.05) is 13.2 Å². The van der Waals surface area contributed by atoms with Crippen LogP contribution >= 0.6 is 22.9 Å². The summed E-state index contributed by atoms with van der Waals surface area (Å²) in [6.45, 7) is 6.35. The van der Waals surface area contributed by atoms with Crippen molar-refractivity contribution < 1.29 is 22.7 Å². The first-order valence-electron chi connectivity index (χ1n) is 15.9. The zero-order valence-corrected chi connectivity index (χ0v) is 29.1. The molecule has 0 unspecified atom stereocenters. The molecule has 47 heavy (non-hydrogen) atoms. The van der Waals surface area contributed by atoms with E-state index in [-0.39, 0.29) is 59.9 Å². The van der Waals surface area contributed by atoms with Crippen molar-refractivity contribution in [2.45, 2.75) is 75.8 Å². The predicted octanol–water partition coefficient (Wildman–Crippen LogP) is 6.86. The fourth-order valence-corrected chi connectivity index (χ4v) is 9.33. The van der Waals surface area contributed by atoms with Crippen LogP contribution in [0.2, 0.25) is 5.02 Å². The number of carbonyl (C=O) groups excluding carboxylic acids is 1. The highest BCUT2D eigenvalue weighted by atomic mass is 35.5. The molecule has 0 N–H and O–H groups in total. The minimum atomic E-state index is -4.01. The quantitative estimate of drug-likeness (QED) is 0.154. The fourth-order valence-electron chi connectivity index (χ4n) is 6.67. The van der Waals surface area contributed by atoms with Crippen LogP contribution in [-0.2, 0) is 33.1 Å². The summed E-state index contributed by atoms with van der Waals surface area (Å²) in [7, 11) is -2.09. The van der Waals surface area contributed by atoms with Crippen LogP contribution in [0.25, 0.3) is 21.1 Å². The number of ether oxygens (including phenoxy) is 2. The monoisotopic (exact) mass is 693 g/mol. The van der Waals surface area contributed by atoms with E-state index in [1.807, 2.05) is 37.0 Å². The van der Waals surface area contributed by atoms with E-state index in [2.05, 4.69) is 33.5 Å². The van der Waals surface area contributed by atoms with Gasteiger partial charge in [0.15, 0.2) is 0 Å². The third kappa shape index (κ3) is 5.90. The van der Waals surface area contributed by atoms with Crippen LogP contribution in [0, 0.1) is 6.92 Å². The van der Waals surface area contributed by atoms with Crippen molar-refractivity contribution in [1.29, 1.82) is 0 Å². The Kier molecular flexibility index (Phi) is 8.48. The second-order valence-electron chi connectivity index (χ2n) is 12.3. The highest BCUT2D eigenvalue weighted by Gasteiger charge is 2.37. The number of hydrogen-bond acceptors (Lipinski definition) is 9. The first-order valence-corrected chi connectivity index (χ1v) is 18.6. The van der Waals surface area contributed by atoms with Crippen LogP contribution in [-0.4, -0.2) is 57.9 Å². The molecule has 0 radical (unpaired) electrons. The van der Waals surface area contributed by atoms with Crippen LogP contribution in [0.3, 0.4) is 0 Å². The zero-order valence-electron chi connectivity index (χ0n) is 26.7. The Labute approximate surface area is 282 Å². The van der Waals surface area contributed by atoms with E-state index in [4.69, 9.17) is 21.1 Å². The van der Waals surface area contributed by atoms with Crippen molar-refractivity contribution in [3.05, 3.63) is 74.7 Å². The Morgan fingerprint density at radius 3 is 2.77 bits per heavy atom. The van der Waals surface area contributed by atoms with Gasteiger partial charge in [0.05, 0.1) is 30.1 Å². The van der Waals surface area contributed by atoms with E-state index in [0.717, 1.165) is 56.2 Å². The zero-order chi connectivity index (χ0) is 33.0. The van der Waals surface area contributed by atoms with Gasteiger partial charge in [-0.2, -0.15) is 4.31 Å². The van der Waals surface area contributed by atoms with Gasteiger partial charge in [-0.05, 0) is 95.8 Å². The molecule has 2 aromatic carbocycles. The molecule has 0 spiro atoms. The Morgan fingerprint density at radius 2 is 2.02 bits per heavy atom. The molecule has 1 aliphatic heterocycles. The van der Waals surface area contributed by atoms with Gasteiger partial charge in [-0.3, -0.25) is 4.79 Å². The van der Waals surface area contributed by atoms with E-state index in [9.17, 15) is 13.2 Å². The average Bonchev–Trinajstić information content (AvgIpc) is 3.67. The number of carbonyl (C=O) groups is 1. The van der Waals surface area contributed by atoms with E-state index < -0.39 is 10.0 Å². The molecule has 3 aromatic heterocycles. The standard InChI is InChI=1S/C34H36ClN5O5S2/c1-5-25-18-40(47(42,43)29-13-24(35)16-36-34(29)45-25)17-23-12-22(11-21-9-10-46-33(21)23)27(15-30(41)44-6-2)26-14-28(20-7-8-20)32-31(19(26)3)37-38-39(32)4/h9-14,16,20,25,27H,5-8,15,17-18H2,1-4H3/t25-,27+/m1/s1. The lowest BCUT2D eigenvalue weighted by Gasteiger charge is -2.25. The molecular formula is C34H36ClN5O5S2. The number of esters is 1. The molecule has 2 aliphatic rings. The van der Waals surface area contributed by atoms with E-state index in [0.29, 0.717) is 12.3 Å². The predicted molar refractivity (Wildman–Crippen MR) is 182 cm³/mol. The molecule has 0 bridgehead atoms. The fraction of sp³-hybridized carbons (Fsp3) is 0.412. The molecule has 10 nitrogen and oxygen atoms in total. The summed E-state index contributed by atoms with van der Waals surface area (Å²) in [5.41, 5.74) is 6.80. The van der Waals surface area contributed by atoms with Gasteiger partial charge in [-0.25, -0.2) is 18.1 Å². The number of aryl methyl sites for hydroxylation is 2. The topological polar surface area (TPSA) is 117 Å². The average molecular weight is 694 g/mol. The van der Waals surface area contributed by atoms with Crippen LogP contribution in [0.1, 0.15) is 79.2 Å². The lowest BCUT2D eigenvalue weighted by atomic mass is 9.83. The second kappa shape index (κ2) is 12.5. The number of fused-ring (bicyclic) bond motifs is 3. The second-order valence-corrected chi connectivity index (χ2v) is 15.6. The van der Waals surface area contributed by atoms with Crippen LogP contribution in [0.4, 0.5) is 0 Å². The van der Waals surface area contributed by atoms with Crippen LogP contribution < -0.4 is 4.74 Å². The smallest absolute Gasteiger partial charge is 0.306 e. The Hall–Kier alpha value is -3.58. The number of rotatable bonds is 9. The van der Waals surface area contributed by atoms with Crippen molar-refractivity contribution in [2.24, 2.45) is 7.05 Å². The Morgan fingerprint density at radius 1 is 1.21 bits per heavy atom. The minimum Gasteiger partial charge on any atom is -0.472 e. The summed E-state index contributed by atoms with van der Waals surface area (Å²) < 4.78 is 44.1. The molecule has 7 rings (SSSR count). The molecule has 4 heterocycles. The number of benzene rings is 2. The highest BCUT2D eigenvalue weighted by molar-refractivity contribution is 7.89. The molecule has 0 saturated heterocycles. The largest absolute Gasteiger partial charge is 0.472 e. The van der Waals surface area contributed by atoms with Crippen LogP contribution in [0.15, 0.2) is 46.8 Å². The lowest BCUT2D eigenvalue weighted by Crippen LogP contribution is -2.36. The molecule has 1 aliphatic carbocycles. The summed E-state index contributed by atoms with van der Waals surface area (Å²) in [6, 6.07) is 9.84. The number of aromatic nitrogens is 4. The third-order valence-electron chi connectivity index (χ3n) is 9.21. The molecule has 5 aromatic rings. The van der Waals surface area contributed by atoms with Gasteiger partial charge in [-0.15, -0.1) is 16.4 Å². The van der Waals surface area contributed by atoms with Gasteiger partial charge in [0.1, 0.15) is 16.5 Å². The van der Waals surface area contributed by atoms with Crippen molar-refractivity contribution in [3.63, 3.8) is 0 Å². The van der Waals surface area contributed by atoms with Gasteiger partial charge in [-0.1, -0.05) is 35.9 Å². The van der Waals surface area contributed by atoms with Gasteiger partial charge >= 0.3 is 5.97 Å². The lowest BCUT2D eigenvalue weighted by molar-refractivity contribution is -0.143.